The predicted molar refractivity (Wildman–Crippen MR) is 72.0 cm³/mol. The lowest BCUT2D eigenvalue weighted by atomic mass is 9.99. The number of hydrogen-bond donors (Lipinski definition) is 1. The van der Waals surface area contributed by atoms with E-state index in [1.54, 1.807) is 0 Å². The fraction of sp³-hybridized carbons (Fsp3) is 0.267. The van der Waals surface area contributed by atoms with Crippen LogP contribution in [0.1, 0.15) is 18.4 Å². The predicted octanol–water partition coefficient (Wildman–Crippen LogP) is 2.76. The van der Waals surface area contributed by atoms with Gasteiger partial charge in [-0.05, 0) is 18.4 Å². The topological polar surface area (TPSA) is 40.5 Å². The van der Waals surface area contributed by atoms with Crippen molar-refractivity contribution in [2.24, 2.45) is 0 Å². The highest BCUT2D eigenvalue weighted by Crippen LogP contribution is 2.25. The molecule has 2 rings (SSSR count). The summed E-state index contributed by atoms with van der Waals surface area (Å²) in [6.45, 7) is 5.18. The summed E-state index contributed by atoms with van der Waals surface area (Å²) in [5.74, 6) is 0.381. The lowest BCUT2D eigenvalue weighted by molar-refractivity contribution is -0.106. The summed E-state index contributed by atoms with van der Waals surface area (Å²) in [6.07, 6.45) is 2.33. The molecule has 18 heavy (non-hydrogen) atoms. The van der Waals surface area contributed by atoms with E-state index in [1.165, 1.54) is 0 Å². The summed E-state index contributed by atoms with van der Waals surface area (Å²) in [7, 11) is 0. The van der Waals surface area contributed by atoms with Crippen LogP contribution in [-0.2, 0) is 4.79 Å². The molecule has 1 N–H and O–H groups in total. The molecule has 0 aliphatic carbocycles. The number of benzene rings is 1. The van der Waals surface area contributed by atoms with Gasteiger partial charge in [-0.2, -0.15) is 0 Å². The monoisotopic (exact) mass is 243 g/mol. The maximum absolute atomic E-state index is 10.6. The molecule has 3 heteroatoms. The van der Waals surface area contributed by atoms with Crippen LogP contribution in [0.15, 0.2) is 48.2 Å². The van der Waals surface area contributed by atoms with Gasteiger partial charge in [-0.15, -0.1) is 0 Å². The number of piperidine rings is 1. The molecule has 0 spiro atoms. The van der Waals surface area contributed by atoms with E-state index in [2.05, 4.69) is 6.58 Å². The zero-order valence-electron chi connectivity index (χ0n) is 10.3. The van der Waals surface area contributed by atoms with Crippen LogP contribution in [0.3, 0.4) is 0 Å². The van der Waals surface area contributed by atoms with Gasteiger partial charge in [0.25, 0.3) is 0 Å². The van der Waals surface area contributed by atoms with E-state index in [-0.39, 0.29) is 0 Å². The largest absolute Gasteiger partial charge is 0.507 e. The van der Waals surface area contributed by atoms with E-state index in [0.717, 1.165) is 43.4 Å². The highest BCUT2D eigenvalue weighted by Gasteiger charge is 2.18. The molecule has 3 nitrogen and oxygen atoms in total. The minimum atomic E-state index is 0.381. The van der Waals surface area contributed by atoms with E-state index in [4.69, 9.17) is 0 Å². The van der Waals surface area contributed by atoms with E-state index in [9.17, 15) is 9.90 Å². The molecule has 1 aliphatic heterocycles. The first-order valence-electron chi connectivity index (χ1n) is 6.08. The fourth-order valence-electron chi connectivity index (χ4n) is 2.18. The second-order valence-electron chi connectivity index (χ2n) is 4.41. The Hall–Kier alpha value is -2.03. The van der Waals surface area contributed by atoms with Crippen LogP contribution >= 0.6 is 0 Å². The van der Waals surface area contributed by atoms with Crippen molar-refractivity contribution in [2.75, 3.05) is 13.1 Å². The molecule has 0 aromatic heterocycles. The summed E-state index contributed by atoms with van der Waals surface area (Å²) < 4.78 is 0. The van der Waals surface area contributed by atoms with Gasteiger partial charge in [0.2, 0.25) is 0 Å². The standard InChI is InChI=1S/C15H17NO2/c1-12(11-17)16-9-7-14(8-10-16)15(18)13-5-3-2-4-6-13/h2-6,11,18H,1,7-10H2. The Morgan fingerprint density at radius 1 is 1.22 bits per heavy atom. The Labute approximate surface area is 107 Å². The third kappa shape index (κ3) is 2.62. The number of nitrogens with zero attached hydrogens (tertiary/aromatic N) is 1. The van der Waals surface area contributed by atoms with E-state index >= 15 is 0 Å². The van der Waals surface area contributed by atoms with Crippen molar-refractivity contribution < 1.29 is 9.90 Å². The number of aliphatic hydroxyl groups is 1. The van der Waals surface area contributed by atoms with Crippen LogP contribution < -0.4 is 0 Å². The average molecular weight is 243 g/mol. The Kier molecular flexibility index (Phi) is 3.82. The highest BCUT2D eigenvalue weighted by molar-refractivity contribution is 5.71. The van der Waals surface area contributed by atoms with Crippen molar-refractivity contribution in [3.8, 4) is 0 Å². The fourth-order valence-corrected chi connectivity index (χ4v) is 2.18. The molecule has 1 aromatic rings. The number of allylic oxidation sites excluding steroid dienone is 1. The van der Waals surface area contributed by atoms with Gasteiger partial charge in [-0.25, -0.2) is 0 Å². The quantitative estimate of drug-likeness (QED) is 0.504. The van der Waals surface area contributed by atoms with Crippen molar-refractivity contribution in [2.45, 2.75) is 12.8 Å². The lowest BCUT2D eigenvalue weighted by Crippen LogP contribution is -2.30. The minimum absolute atomic E-state index is 0.381. The Morgan fingerprint density at radius 3 is 2.39 bits per heavy atom. The number of carbonyl (C=O) groups excluding carboxylic acids is 1. The van der Waals surface area contributed by atoms with Gasteiger partial charge in [0.1, 0.15) is 5.76 Å². The second kappa shape index (κ2) is 5.54. The summed E-state index contributed by atoms with van der Waals surface area (Å²) in [5.41, 5.74) is 2.43. The summed E-state index contributed by atoms with van der Waals surface area (Å²) >= 11 is 0. The lowest BCUT2D eigenvalue weighted by Gasteiger charge is -2.30. The molecule has 1 saturated heterocycles. The van der Waals surface area contributed by atoms with Crippen molar-refractivity contribution in [3.05, 3.63) is 53.7 Å². The maximum atomic E-state index is 10.6. The van der Waals surface area contributed by atoms with Crippen LogP contribution in [0.25, 0.3) is 5.76 Å². The molecule has 1 heterocycles. The van der Waals surface area contributed by atoms with Gasteiger partial charge >= 0.3 is 0 Å². The number of carbonyl (C=O) groups is 1. The molecule has 94 valence electrons. The number of hydrogen-bond acceptors (Lipinski definition) is 3. The minimum Gasteiger partial charge on any atom is -0.507 e. The SMILES string of the molecule is C=C(C=O)N1CCC(=C(O)c2ccccc2)CC1. The van der Waals surface area contributed by atoms with Gasteiger partial charge in [-0.3, -0.25) is 4.79 Å². The third-order valence-corrected chi connectivity index (χ3v) is 3.29. The molecule has 0 unspecified atom stereocenters. The average Bonchev–Trinajstić information content (AvgIpc) is 2.47. The molecular weight excluding hydrogens is 226 g/mol. The second-order valence-corrected chi connectivity index (χ2v) is 4.41. The maximum Gasteiger partial charge on any atom is 0.165 e. The number of rotatable bonds is 3. The van der Waals surface area contributed by atoms with Gasteiger partial charge in [0.05, 0.1) is 5.70 Å². The summed E-state index contributed by atoms with van der Waals surface area (Å²) in [4.78, 5) is 12.6. The third-order valence-electron chi connectivity index (χ3n) is 3.29. The number of likely N-dealkylation sites (tertiary alicyclic amines) is 1. The first-order valence-corrected chi connectivity index (χ1v) is 6.08. The first-order chi connectivity index (χ1) is 8.72. The number of aldehydes is 1. The summed E-state index contributed by atoms with van der Waals surface area (Å²) in [5, 5.41) is 10.2. The van der Waals surface area contributed by atoms with E-state index < -0.39 is 0 Å². The first kappa shape index (κ1) is 12.4. The highest BCUT2D eigenvalue weighted by atomic mass is 16.3. The van der Waals surface area contributed by atoms with Crippen LogP contribution in [0.4, 0.5) is 0 Å². The van der Waals surface area contributed by atoms with Gasteiger partial charge in [0.15, 0.2) is 6.29 Å². The van der Waals surface area contributed by atoms with Crippen LogP contribution in [0.2, 0.25) is 0 Å². The van der Waals surface area contributed by atoms with E-state index in [0.29, 0.717) is 11.5 Å². The van der Waals surface area contributed by atoms with Crippen LogP contribution in [0, 0.1) is 0 Å². The van der Waals surface area contributed by atoms with Crippen molar-refractivity contribution in [1.82, 2.24) is 4.90 Å². The molecule has 0 saturated carbocycles. The molecule has 0 radical (unpaired) electrons. The van der Waals surface area contributed by atoms with Gasteiger partial charge in [0, 0.05) is 18.7 Å². The molecule has 0 amide bonds. The Balaban J connectivity index is 2.09. The van der Waals surface area contributed by atoms with Crippen LogP contribution in [0.5, 0.6) is 0 Å². The molecule has 0 atom stereocenters. The van der Waals surface area contributed by atoms with Crippen molar-refractivity contribution in [3.63, 3.8) is 0 Å². The normalized spacial score (nSPS) is 15.3. The molecular formula is C15H17NO2. The molecule has 0 bridgehead atoms. The number of aliphatic hydroxyl groups excluding tert-OH is 1. The zero-order valence-corrected chi connectivity index (χ0v) is 10.3. The van der Waals surface area contributed by atoms with E-state index in [1.807, 2.05) is 35.2 Å². The molecule has 1 fully saturated rings. The van der Waals surface area contributed by atoms with Gasteiger partial charge < -0.3 is 10.0 Å². The van der Waals surface area contributed by atoms with Gasteiger partial charge in [-0.1, -0.05) is 36.9 Å². The van der Waals surface area contributed by atoms with Crippen molar-refractivity contribution in [1.29, 1.82) is 0 Å². The Bertz CT molecular complexity index is 467. The summed E-state index contributed by atoms with van der Waals surface area (Å²) in [6, 6.07) is 9.56. The Morgan fingerprint density at radius 2 is 1.83 bits per heavy atom. The zero-order chi connectivity index (χ0) is 13.0. The van der Waals surface area contributed by atoms with Crippen molar-refractivity contribution >= 4 is 12.0 Å². The molecule has 1 aliphatic rings. The molecule has 1 aromatic carbocycles. The van der Waals surface area contributed by atoms with Crippen LogP contribution in [-0.4, -0.2) is 29.4 Å². The smallest absolute Gasteiger partial charge is 0.165 e.